The van der Waals surface area contributed by atoms with Crippen molar-refractivity contribution in [1.82, 2.24) is 0 Å². The first-order valence-corrected chi connectivity index (χ1v) is 4.29. The maximum Gasteiger partial charge on any atom is -0.0262 e. The fraction of sp³-hybridized carbons (Fsp3) is 0.700. The first kappa shape index (κ1) is 7.84. The van der Waals surface area contributed by atoms with Gasteiger partial charge in [0, 0.05) is 0 Å². The SMILES string of the molecule is [CH2]C1C/C=C\C(C)CCC1. The van der Waals surface area contributed by atoms with Crippen LogP contribution in [0.25, 0.3) is 0 Å². The minimum Gasteiger partial charge on any atom is -0.0880 e. The van der Waals surface area contributed by atoms with E-state index in [0.717, 1.165) is 5.92 Å². The average molecular weight is 137 g/mol. The molecule has 2 unspecified atom stereocenters. The zero-order valence-electron chi connectivity index (χ0n) is 6.84. The Bertz CT molecular complexity index is 113. The second-order valence-electron chi connectivity index (χ2n) is 3.44. The smallest absolute Gasteiger partial charge is 0.0262 e. The lowest BCUT2D eigenvalue weighted by atomic mass is 9.92. The van der Waals surface area contributed by atoms with E-state index in [1.165, 1.54) is 25.7 Å². The highest BCUT2D eigenvalue weighted by molar-refractivity contribution is 4.90. The lowest BCUT2D eigenvalue weighted by molar-refractivity contribution is 0.491. The zero-order chi connectivity index (χ0) is 7.40. The van der Waals surface area contributed by atoms with E-state index >= 15 is 0 Å². The van der Waals surface area contributed by atoms with Gasteiger partial charge in [-0.05, 0) is 31.6 Å². The minimum atomic E-state index is 0.670. The minimum absolute atomic E-state index is 0.670. The Morgan fingerprint density at radius 3 is 3.00 bits per heavy atom. The van der Waals surface area contributed by atoms with Gasteiger partial charge in [0.1, 0.15) is 0 Å². The van der Waals surface area contributed by atoms with Crippen molar-refractivity contribution < 1.29 is 0 Å². The van der Waals surface area contributed by atoms with Gasteiger partial charge in [-0.2, -0.15) is 0 Å². The first-order valence-electron chi connectivity index (χ1n) is 4.29. The van der Waals surface area contributed by atoms with Gasteiger partial charge in [-0.15, -0.1) is 0 Å². The molecular formula is C10H17. The summed E-state index contributed by atoms with van der Waals surface area (Å²) in [5.74, 6) is 1.47. The van der Waals surface area contributed by atoms with Crippen LogP contribution in [0.15, 0.2) is 12.2 Å². The summed E-state index contributed by atoms with van der Waals surface area (Å²) in [6.45, 7) is 6.36. The van der Waals surface area contributed by atoms with Gasteiger partial charge < -0.3 is 0 Å². The molecule has 0 saturated heterocycles. The van der Waals surface area contributed by atoms with Crippen molar-refractivity contribution in [3.63, 3.8) is 0 Å². The van der Waals surface area contributed by atoms with E-state index in [-0.39, 0.29) is 0 Å². The van der Waals surface area contributed by atoms with E-state index in [4.69, 9.17) is 0 Å². The molecule has 0 aromatic heterocycles. The summed E-state index contributed by atoms with van der Waals surface area (Å²) >= 11 is 0. The molecule has 1 aliphatic carbocycles. The lowest BCUT2D eigenvalue weighted by Crippen LogP contribution is -1.99. The molecule has 2 atom stereocenters. The Labute approximate surface area is 64.3 Å². The molecule has 57 valence electrons. The number of rotatable bonds is 0. The van der Waals surface area contributed by atoms with Crippen LogP contribution in [0.2, 0.25) is 0 Å². The Morgan fingerprint density at radius 2 is 2.20 bits per heavy atom. The van der Waals surface area contributed by atoms with Crippen LogP contribution in [-0.4, -0.2) is 0 Å². The van der Waals surface area contributed by atoms with Gasteiger partial charge in [-0.3, -0.25) is 0 Å². The van der Waals surface area contributed by atoms with E-state index in [0.29, 0.717) is 5.92 Å². The molecule has 0 aromatic rings. The van der Waals surface area contributed by atoms with Crippen LogP contribution in [0.3, 0.4) is 0 Å². The molecule has 0 aliphatic heterocycles. The normalized spacial score (nSPS) is 38.2. The number of hydrogen-bond donors (Lipinski definition) is 0. The van der Waals surface area contributed by atoms with Crippen molar-refractivity contribution in [2.45, 2.75) is 32.6 Å². The van der Waals surface area contributed by atoms with Gasteiger partial charge in [0.15, 0.2) is 0 Å². The summed E-state index contributed by atoms with van der Waals surface area (Å²) < 4.78 is 0. The summed E-state index contributed by atoms with van der Waals surface area (Å²) in [5, 5.41) is 0. The molecule has 1 aliphatic rings. The number of allylic oxidation sites excluding steroid dienone is 2. The van der Waals surface area contributed by atoms with E-state index in [1.807, 2.05) is 0 Å². The van der Waals surface area contributed by atoms with Crippen molar-refractivity contribution in [2.75, 3.05) is 0 Å². The standard InChI is InChI=1S/C10H17/c1-9-5-3-7-10(2)8-4-6-9/h3,7,9-10H,1,4-6,8H2,2H3/b7-3-. The molecule has 0 fully saturated rings. The van der Waals surface area contributed by atoms with Crippen molar-refractivity contribution in [3.8, 4) is 0 Å². The molecule has 0 amide bonds. The van der Waals surface area contributed by atoms with Crippen molar-refractivity contribution in [1.29, 1.82) is 0 Å². The van der Waals surface area contributed by atoms with Gasteiger partial charge in [-0.25, -0.2) is 0 Å². The third-order valence-electron chi connectivity index (χ3n) is 2.21. The lowest BCUT2D eigenvalue weighted by Gasteiger charge is -2.13. The Hall–Kier alpha value is -0.260. The topological polar surface area (TPSA) is 0 Å². The van der Waals surface area contributed by atoms with E-state index in [1.54, 1.807) is 0 Å². The maximum absolute atomic E-state index is 4.07. The van der Waals surface area contributed by atoms with Crippen LogP contribution in [-0.2, 0) is 0 Å². The summed E-state index contributed by atoms with van der Waals surface area (Å²) in [4.78, 5) is 0. The second-order valence-corrected chi connectivity index (χ2v) is 3.44. The predicted molar refractivity (Wildman–Crippen MR) is 45.6 cm³/mol. The predicted octanol–water partition coefficient (Wildman–Crippen LogP) is 3.20. The number of hydrogen-bond acceptors (Lipinski definition) is 0. The summed E-state index contributed by atoms with van der Waals surface area (Å²) in [7, 11) is 0. The monoisotopic (exact) mass is 137 g/mol. The first-order chi connectivity index (χ1) is 4.79. The molecular weight excluding hydrogens is 120 g/mol. The molecule has 0 bridgehead atoms. The van der Waals surface area contributed by atoms with Crippen molar-refractivity contribution in [2.24, 2.45) is 11.8 Å². The third-order valence-corrected chi connectivity index (χ3v) is 2.21. The molecule has 0 nitrogen and oxygen atoms in total. The van der Waals surface area contributed by atoms with Crippen LogP contribution in [0.1, 0.15) is 32.6 Å². The largest absolute Gasteiger partial charge is 0.0880 e. The van der Waals surface area contributed by atoms with Gasteiger partial charge in [0.25, 0.3) is 0 Å². The molecule has 0 heterocycles. The fourth-order valence-corrected chi connectivity index (χ4v) is 1.45. The maximum atomic E-state index is 4.07. The summed E-state index contributed by atoms with van der Waals surface area (Å²) in [6, 6.07) is 0. The molecule has 1 rings (SSSR count). The quantitative estimate of drug-likeness (QED) is 0.450. The summed E-state index contributed by atoms with van der Waals surface area (Å²) in [5.41, 5.74) is 0. The van der Waals surface area contributed by atoms with E-state index in [9.17, 15) is 0 Å². The third kappa shape index (κ3) is 2.55. The van der Waals surface area contributed by atoms with Crippen LogP contribution in [0, 0.1) is 18.8 Å². The molecule has 0 aromatic carbocycles. The Morgan fingerprint density at radius 1 is 1.40 bits per heavy atom. The van der Waals surface area contributed by atoms with Crippen molar-refractivity contribution >= 4 is 0 Å². The highest BCUT2D eigenvalue weighted by Crippen LogP contribution is 2.19. The van der Waals surface area contributed by atoms with Crippen LogP contribution in [0.5, 0.6) is 0 Å². The zero-order valence-corrected chi connectivity index (χ0v) is 6.84. The van der Waals surface area contributed by atoms with E-state index < -0.39 is 0 Å². The van der Waals surface area contributed by atoms with Crippen LogP contribution >= 0.6 is 0 Å². The molecule has 0 N–H and O–H groups in total. The Kier molecular flexibility index (Phi) is 2.98. The van der Waals surface area contributed by atoms with Gasteiger partial charge in [0.2, 0.25) is 0 Å². The second kappa shape index (κ2) is 3.80. The molecule has 0 spiro atoms. The van der Waals surface area contributed by atoms with Gasteiger partial charge >= 0.3 is 0 Å². The molecule has 1 radical (unpaired) electrons. The van der Waals surface area contributed by atoms with Gasteiger partial charge in [-0.1, -0.05) is 31.9 Å². The molecule has 0 heteroatoms. The molecule has 10 heavy (non-hydrogen) atoms. The van der Waals surface area contributed by atoms with Crippen LogP contribution in [0.4, 0.5) is 0 Å². The van der Waals surface area contributed by atoms with Gasteiger partial charge in [0.05, 0.1) is 0 Å². The summed E-state index contributed by atoms with van der Waals surface area (Å²) in [6.07, 6.45) is 9.83. The molecule has 0 saturated carbocycles. The average Bonchev–Trinajstić information content (AvgIpc) is 1.84. The fourth-order valence-electron chi connectivity index (χ4n) is 1.45. The van der Waals surface area contributed by atoms with E-state index in [2.05, 4.69) is 26.0 Å². The highest BCUT2D eigenvalue weighted by Gasteiger charge is 2.05. The Balaban J connectivity index is 2.38. The van der Waals surface area contributed by atoms with Crippen molar-refractivity contribution in [3.05, 3.63) is 19.1 Å². The highest BCUT2D eigenvalue weighted by atomic mass is 14.1. The van der Waals surface area contributed by atoms with Crippen LogP contribution < -0.4 is 0 Å².